The molecule has 0 fully saturated rings. The zero-order valence-electron chi connectivity index (χ0n) is 13.6. The van der Waals surface area contributed by atoms with Crippen molar-refractivity contribution in [1.29, 1.82) is 0 Å². The molecule has 3 nitrogen and oxygen atoms in total. The van der Waals surface area contributed by atoms with Gasteiger partial charge in [-0.1, -0.05) is 84.0 Å². The summed E-state index contributed by atoms with van der Waals surface area (Å²) >= 11 is 0. The highest BCUT2D eigenvalue weighted by Crippen LogP contribution is 2.22. The summed E-state index contributed by atoms with van der Waals surface area (Å²) < 4.78 is 20.5. The third-order valence-electron chi connectivity index (χ3n) is 3.63. The Labute approximate surface area is 126 Å². The quantitative estimate of drug-likeness (QED) is 0.254. The van der Waals surface area contributed by atoms with Crippen LogP contribution in [0.25, 0.3) is 0 Å². The van der Waals surface area contributed by atoms with Gasteiger partial charge in [-0.3, -0.25) is 4.57 Å². The molecule has 0 aromatic rings. The van der Waals surface area contributed by atoms with E-state index >= 15 is 0 Å². The number of unbranched alkanes of at least 4 members (excludes halogenated alkanes) is 12. The predicted octanol–water partition coefficient (Wildman–Crippen LogP) is 6.13. The smallest absolute Gasteiger partial charge is 0.314 e. The van der Waals surface area contributed by atoms with Gasteiger partial charge < -0.3 is 9.05 Å². The summed E-state index contributed by atoms with van der Waals surface area (Å²) in [4.78, 5) is 0. The molecule has 0 spiro atoms. The van der Waals surface area contributed by atoms with E-state index < -0.39 is 8.25 Å². The average Bonchev–Trinajstić information content (AvgIpc) is 2.47. The Bertz CT molecular complexity index is 210. The Morgan fingerprint density at radius 1 is 0.700 bits per heavy atom. The maximum atomic E-state index is 10.9. The first-order chi connectivity index (χ1) is 9.81. The van der Waals surface area contributed by atoms with E-state index in [1.165, 1.54) is 84.2 Å². The lowest BCUT2D eigenvalue weighted by molar-refractivity contribution is 0.250. The molecule has 0 saturated carbocycles. The first-order valence-electron chi connectivity index (χ1n) is 8.52. The molecule has 0 aromatic carbocycles. The molecule has 4 heteroatoms. The minimum atomic E-state index is -2.19. The summed E-state index contributed by atoms with van der Waals surface area (Å²) in [6, 6.07) is 0. The van der Waals surface area contributed by atoms with E-state index in [2.05, 4.69) is 11.4 Å². The van der Waals surface area contributed by atoms with E-state index in [9.17, 15) is 4.57 Å². The van der Waals surface area contributed by atoms with E-state index in [0.29, 0.717) is 6.61 Å². The SMILES string of the molecule is CCCCCCCCCCCCCCCO[PH](=O)OC. The lowest BCUT2D eigenvalue weighted by Gasteiger charge is -2.03. The third-order valence-corrected chi connectivity index (χ3v) is 4.41. The largest absolute Gasteiger partial charge is 0.318 e. The van der Waals surface area contributed by atoms with Gasteiger partial charge in [-0.2, -0.15) is 0 Å². The van der Waals surface area contributed by atoms with Crippen LogP contribution in [0.1, 0.15) is 90.4 Å². The van der Waals surface area contributed by atoms with E-state index in [4.69, 9.17) is 4.52 Å². The fourth-order valence-electron chi connectivity index (χ4n) is 2.33. The molecule has 0 heterocycles. The van der Waals surface area contributed by atoms with Crippen molar-refractivity contribution in [3.63, 3.8) is 0 Å². The van der Waals surface area contributed by atoms with Gasteiger partial charge >= 0.3 is 8.25 Å². The van der Waals surface area contributed by atoms with E-state index in [0.717, 1.165) is 6.42 Å². The van der Waals surface area contributed by atoms with Crippen molar-refractivity contribution in [3.05, 3.63) is 0 Å². The maximum absolute atomic E-state index is 10.9. The first kappa shape index (κ1) is 20.1. The highest BCUT2D eigenvalue weighted by Gasteiger charge is 1.96. The first-order valence-corrected chi connectivity index (χ1v) is 9.74. The normalized spacial score (nSPS) is 12.7. The monoisotopic (exact) mass is 306 g/mol. The van der Waals surface area contributed by atoms with Crippen LogP contribution in [0.5, 0.6) is 0 Å². The van der Waals surface area contributed by atoms with Gasteiger partial charge in [0.05, 0.1) is 6.61 Å². The number of hydrogen-bond acceptors (Lipinski definition) is 3. The van der Waals surface area contributed by atoms with Crippen LogP contribution >= 0.6 is 8.25 Å². The van der Waals surface area contributed by atoms with Crippen molar-refractivity contribution >= 4 is 8.25 Å². The lowest BCUT2D eigenvalue weighted by Crippen LogP contribution is -1.88. The Morgan fingerprint density at radius 2 is 1.10 bits per heavy atom. The lowest BCUT2D eigenvalue weighted by atomic mass is 10.0. The summed E-state index contributed by atoms with van der Waals surface area (Å²) in [5, 5.41) is 0. The van der Waals surface area contributed by atoms with Crippen molar-refractivity contribution in [2.24, 2.45) is 0 Å². The van der Waals surface area contributed by atoms with Crippen LogP contribution in [-0.4, -0.2) is 13.7 Å². The predicted molar refractivity (Wildman–Crippen MR) is 87.7 cm³/mol. The van der Waals surface area contributed by atoms with Gasteiger partial charge in [-0.05, 0) is 6.42 Å². The minimum Gasteiger partial charge on any atom is -0.314 e. The van der Waals surface area contributed by atoms with Crippen molar-refractivity contribution in [2.75, 3.05) is 13.7 Å². The summed E-state index contributed by atoms with van der Waals surface area (Å²) in [6.45, 7) is 2.84. The highest BCUT2D eigenvalue weighted by molar-refractivity contribution is 7.33. The van der Waals surface area contributed by atoms with Crippen molar-refractivity contribution in [3.8, 4) is 0 Å². The van der Waals surface area contributed by atoms with Crippen molar-refractivity contribution < 1.29 is 13.6 Å². The molecule has 0 saturated heterocycles. The molecular formula is C16H35O3P. The van der Waals surface area contributed by atoms with Gasteiger partial charge in [0.25, 0.3) is 0 Å². The molecule has 0 aliphatic rings. The van der Waals surface area contributed by atoms with Crippen LogP contribution in [0.3, 0.4) is 0 Å². The molecule has 1 unspecified atom stereocenters. The molecular weight excluding hydrogens is 271 g/mol. The second kappa shape index (κ2) is 17.2. The van der Waals surface area contributed by atoms with Crippen LogP contribution in [0.4, 0.5) is 0 Å². The van der Waals surface area contributed by atoms with Gasteiger partial charge in [0.15, 0.2) is 0 Å². The zero-order chi connectivity index (χ0) is 14.9. The molecule has 0 aromatic heterocycles. The second-order valence-electron chi connectivity index (χ2n) is 5.55. The fourth-order valence-corrected chi connectivity index (χ4v) is 2.76. The number of hydrogen-bond donors (Lipinski definition) is 0. The molecule has 0 radical (unpaired) electrons. The van der Waals surface area contributed by atoms with Crippen molar-refractivity contribution in [1.82, 2.24) is 0 Å². The Kier molecular flexibility index (Phi) is 17.3. The van der Waals surface area contributed by atoms with Gasteiger partial charge in [0.1, 0.15) is 0 Å². The molecule has 0 N–H and O–H groups in total. The minimum absolute atomic E-state index is 0.573. The number of rotatable bonds is 16. The van der Waals surface area contributed by atoms with Crippen LogP contribution < -0.4 is 0 Å². The molecule has 0 aliphatic heterocycles. The Hall–Kier alpha value is 0.150. The molecule has 20 heavy (non-hydrogen) atoms. The standard InChI is InChI=1S/C16H35O3P/c1-3-4-5-6-7-8-9-10-11-12-13-14-15-16-19-20(17)18-2/h20H,3-16H2,1-2H3. The summed E-state index contributed by atoms with van der Waals surface area (Å²) in [5.74, 6) is 0. The van der Waals surface area contributed by atoms with E-state index in [-0.39, 0.29) is 0 Å². The second-order valence-corrected chi connectivity index (χ2v) is 6.74. The molecule has 1 atom stereocenters. The van der Waals surface area contributed by atoms with Crippen molar-refractivity contribution in [2.45, 2.75) is 90.4 Å². The molecule has 0 aliphatic carbocycles. The van der Waals surface area contributed by atoms with Gasteiger partial charge in [0.2, 0.25) is 0 Å². The van der Waals surface area contributed by atoms with Gasteiger partial charge in [-0.25, -0.2) is 0 Å². The van der Waals surface area contributed by atoms with Crippen LogP contribution in [0, 0.1) is 0 Å². The van der Waals surface area contributed by atoms with Gasteiger partial charge in [0, 0.05) is 7.11 Å². The molecule has 0 amide bonds. The summed E-state index contributed by atoms with van der Waals surface area (Å²) in [6.07, 6.45) is 17.4. The molecule has 122 valence electrons. The average molecular weight is 306 g/mol. The Balaban J connectivity index is 2.97. The molecule has 0 bridgehead atoms. The molecule has 0 rings (SSSR count). The zero-order valence-corrected chi connectivity index (χ0v) is 14.6. The van der Waals surface area contributed by atoms with Gasteiger partial charge in [-0.15, -0.1) is 0 Å². The van der Waals surface area contributed by atoms with Crippen LogP contribution in [0.2, 0.25) is 0 Å². The highest BCUT2D eigenvalue weighted by atomic mass is 31.1. The van der Waals surface area contributed by atoms with Crippen LogP contribution in [-0.2, 0) is 13.6 Å². The fraction of sp³-hybridized carbons (Fsp3) is 1.00. The van der Waals surface area contributed by atoms with E-state index in [1.807, 2.05) is 0 Å². The maximum Gasteiger partial charge on any atom is 0.318 e. The topological polar surface area (TPSA) is 35.5 Å². The third kappa shape index (κ3) is 16.2. The Morgan fingerprint density at radius 3 is 1.50 bits per heavy atom. The summed E-state index contributed by atoms with van der Waals surface area (Å²) in [7, 11) is -0.773. The van der Waals surface area contributed by atoms with E-state index in [1.54, 1.807) is 0 Å². The summed E-state index contributed by atoms with van der Waals surface area (Å²) in [5.41, 5.74) is 0. The van der Waals surface area contributed by atoms with Crippen LogP contribution in [0.15, 0.2) is 0 Å².